The molecule has 4 aromatic heterocycles. The Kier molecular flexibility index (Phi) is 6.26. The average Bonchev–Trinajstić information content (AvgIpc) is 3.60. The zero-order valence-electron chi connectivity index (χ0n) is 17.1. The zero-order valence-corrected chi connectivity index (χ0v) is 19.6. The predicted molar refractivity (Wildman–Crippen MR) is 125 cm³/mol. The predicted octanol–water partition coefficient (Wildman–Crippen LogP) is 3.52. The third kappa shape index (κ3) is 4.58. The number of carbonyl (C=O) groups excluding carboxylic acids is 1. The van der Waals surface area contributed by atoms with E-state index in [4.69, 9.17) is 16.7 Å². The van der Waals surface area contributed by atoms with E-state index in [2.05, 4.69) is 25.2 Å². The first kappa shape index (κ1) is 21.2. The molecule has 4 aromatic rings. The summed E-state index contributed by atoms with van der Waals surface area (Å²) >= 11 is 8.55. The maximum atomic E-state index is 12.8. The molecule has 32 heavy (non-hydrogen) atoms. The summed E-state index contributed by atoms with van der Waals surface area (Å²) in [5, 5.41) is 15.2. The maximum absolute atomic E-state index is 12.8. The Bertz CT molecular complexity index is 1220. The van der Waals surface area contributed by atoms with Crippen molar-refractivity contribution in [2.75, 3.05) is 26.2 Å². The molecular weight excluding hydrogens is 466 g/mol. The van der Waals surface area contributed by atoms with Crippen LogP contribution in [0.1, 0.15) is 12.3 Å². The third-order valence-corrected chi connectivity index (χ3v) is 7.39. The van der Waals surface area contributed by atoms with Gasteiger partial charge >= 0.3 is 0 Å². The summed E-state index contributed by atoms with van der Waals surface area (Å²) in [5.41, 5.74) is 0. The molecule has 0 saturated carbocycles. The molecule has 0 aromatic carbocycles. The van der Waals surface area contributed by atoms with Crippen LogP contribution in [0.3, 0.4) is 0 Å². The number of H-pyrrole nitrogens is 1. The number of aromatic nitrogens is 5. The van der Waals surface area contributed by atoms with Crippen molar-refractivity contribution >= 4 is 40.8 Å². The number of piperazine rings is 1. The van der Waals surface area contributed by atoms with Gasteiger partial charge in [0.1, 0.15) is 0 Å². The maximum Gasteiger partial charge on any atom is 0.241 e. The number of amides is 1. The van der Waals surface area contributed by atoms with Gasteiger partial charge in [-0.3, -0.25) is 19.4 Å². The van der Waals surface area contributed by atoms with Crippen LogP contribution in [-0.2, 0) is 17.9 Å². The molecule has 1 amide bonds. The summed E-state index contributed by atoms with van der Waals surface area (Å²) in [7, 11) is 0. The zero-order chi connectivity index (χ0) is 21.9. The van der Waals surface area contributed by atoms with Crippen LogP contribution in [0.4, 0.5) is 0 Å². The van der Waals surface area contributed by atoms with Crippen LogP contribution < -0.4 is 0 Å². The first-order valence-electron chi connectivity index (χ1n) is 10.2. The fourth-order valence-corrected chi connectivity index (χ4v) is 5.25. The number of carbonyl (C=O) groups is 1. The van der Waals surface area contributed by atoms with Gasteiger partial charge in [0.25, 0.3) is 0 Å². The number of thiophene rings is 2. The molecule has 12 heteroatoms. The summed E-state index contributed by atoms with van der Waals surface area (Å²) in [6.07, 6.45) is 0.389. The van der Waals surface area contributed by atoms with Crippen molar-refractivity contribution < 1.29 is 9.32 Å². The van der Waals surface area contributed by atoms with Gasteiger partial charge in [-0.15, -0.1) is 22.7 Å². The van der Waals surface area contributed by atoms with Crippen molar-refractivity contribution in [3.63, 3.8) is 0 Å². The molecule has 1 fully saturated rings. The van der Waals surface area contributed by atoms with Gasteiger partial charge in [-0.25, -0.2) is 0 Å². The average molecular weight is 488 g/mol. The van der Waals surface area contributed by atoms with Crippen LogP contribution in [0.5, 0.6) is 0 Å². The van der Waals surface area contributed by atoms with E-state index in [9.17, 15) is 4.79 Å². The molecule has 0 aliphatic carbocycles. The Labute approximate surface area is 197 Å². The smallest absolute Gasteiger partial charge is 0.241 e. The van der Waals surface area contributed by atoms with Crippen molar-refractivity contribution in [2.45, 2.75) is 19.5 Å². The summed E-state index contributed by atoms with van der Waals surface area (Å²) in [6, 6.07) is 7.92. The van der Waals surface area contributed by atoms with Crippen LogP contribution >= 0.6 is 34.9 Å². The van der Waals surface area contributed by atoms with E-state index < -0.39 is 0 Å². The normalized spacial score (nSPS) is 14.8. The Morgan fingerprint density at radius 1 is 1.12 bits per heavy atom. The lowest BCUT2D eigenvalue weighted by Gasteiger charge is -2.34. The van der Waals surface area contributed by atoms with E-state index >= 15 is 0 Å². The van der Waals surface area contributed by atoms with Crippen molar-refractivity contribution in [3.05, 3.63) is 45.7 Å². The summed E-state index contributed by atoms with van der Waals surface area (Å²) in [6.45, 7) is 4.00. The van der Waals surface area contributed by atoms with Crippen LogP contribution in [0.2, 0.25) is 0 Å². The van der Waals surface area contributed by atoms with Gasteiger partial charge < -0.3 is 9.42 Å². The number of nitrogens with one attached hydrogen (secondary N) is 1. The standard InChI is InChI=1S/C20H21N7O2S3/c28-17(5-6-27-19(22-23-20(27)30)15-4-2-12-32-15)26-9-7-25(8-10-26)13-16-21-18(24-29-16)14-3-1-11-31-14/h1-4,11-12H,5-10,13H2,(H,23,30). The minimum Gasteiger partial charge on any atom is -0.340 e. The lowest BCUT2D eigenvalue weighted by molar-refractivity contribution is -0.133. The fourth-order valence-electron chi connectivity index (χ4n) is 3.66. The van der Waals surface area contributed by atoms with Crippen molar-refractivity contribution in [2.24, 2.45) is 0 Å². The Morgan fingerprint density at radius 2 is 1.88 bits per heavy atom. The van der Waals surface area contributed by atoms with E-state index in [1.165, 1.54) is 0 Å². The van der Waals surface area contributed by atoms with Crippen molar-refractivity contribution in [1.29, 1.82) is 0 Å². The Hall–Kier alpha value is -2.67. The van der Waals surface area contributed by atoms with Gasteiger partial charge in [0.2, 0.25) is 17.6 Å². The minimum atomic E-state index is 0.127. The van der Waals surface area contributed by atoms with Crippen LogP contribution in [0.15, 0.2) is 39.5 Å². The highest BCUT2D eigenvalue weighted by Crippen LogP contribution is 2.23. The highest BCUT2D eigenvalue weighted by molar-refractivity contribution is 7.71. The van der Waals surface area contributed by atoms with Gasteiger partial charge in [-0.05, 0) is 35.1 Å². The van der Waals surface area contributed by atoms with Crippen molar-refractivity contribution in [3.8, 4) is 21.4 Å². The molecular formula is C20H21N7O2S3. The molecule has 1 saturated heterocycles. The largest absolute Gasteiger partial charge is 0.340 e. The molecule has 166 valence electrons. The summed E-state index contributed by atoms with van der Waals surface area (Å²) < 4.78 is 7.83. The summed E-state index contributed by atoms with van der Waals surface area (Å²) in [5.74, 6) is 2.14. The molecule has 0 unspecified atom stereocenters. The number of hydrogen-bond acceptors (Lipinski definition) is 9. The topological polar surface area (TPSA) is 96.1 Å². The van der Waals surface area contributed by atoms with E-state index in [1.807, 2.05) is 44.5 Å². The molecule has 1 aliphatic rings. The van der Waals surface area contributed by atoms with Crippen LogP contribution in [-0.4, -0.2) is 66.8 Å². The SMILES string of the molecule is O=C(CCn1c(-c2cccs2)n[nH]c1=S)N1CCN(Cc2nc(-c3cccs3)no2)CC1. The molecule has 1 aliphatic heterocycles. The fraction of sp³-hybridized carbons (Fsp3) is 0.350. The second kappa shape index (κ2) is 9.45. The molecule has 0 radical (unpaired) electrons. The van der Waals surface area contributed by atoms with Crippen LogP contribution in [0.25, 0.3) is 21.4 Å². The molecule has 0 atom stereocenters. The monoisotopic (exact) mass is 487 g/mol. The lowest BCUT2D eigenvalue weighted by atomic mass is 10.2. The van der Waals surface area contributed by atoms with Gasteiger partial charge in [0.05, 0.1) is 16.3 Å². The quantitative estimate of drug-likeness (QED) is 0.399. The van der Waals surface area contributed by atoms with Gasteiger partial charge in [-0.1, -0.05) is 17.3 Å². The second-order valence-corrected chi connectivity index (χ2v) is 9.66. The molecule has 5 heterocycles. The first-order valence-corrected chi connectivity index (χ1v) is 12.4. The van der Waals surface area contributed by atoms with Gasteiger partial charge in [-0.2, -0.15) is 10.1 Å². The molecule has 5 rings (SSSR count). The van der Waals surface area contributed by atoms with E-state index in [1.54, 1.807) is 22.7 Å². The number of hydrogen-bond donors (Lipinski definition) is 1. The second-order valence-electron chi connectivity index (χ2n) is 7.38. The summed E-state index contributed by atoms with van der Waals surface area (Å²) in [4.78, 5) is 23.5. The molecule has 1 N–H and O–H groups in total. The van der Waals surface area contributed by atoms with E-state index in [0.717, 1.165) is 28.7 Å². The van der Waals surface area contributed by atoms with Gasteiger partial charge in [0, 0.05) is 39.1 Å². The van der Waals surface area contributed by atoms with E-state index in [0.29, 0.717) is 49.1 Å². The Morgan fingerprint density at radius 3 is 2.59 bits per heavy atom. The van der Waals surface area contributed by atoms with Crippen LogP contribution in [0, 0.1) is 4.77 Å². The lowest BCUT2D eigenvalue weighted by Crippen LogP contribution is -2.48. The third-order valence-electron chi connectivity index (χ3n) is 5.34. The molecule has 0 spiro atoms. The first-order chi connectivity index (χ1) is 15.7. The number of nitrogens with zero attached hydrogens (tertiary/aromatic N) is 6. The van der Waals surface area contributed by atoms with Gasteiger partial charge in [0.15, 0.2) is 10.6 Å². The molecule has 9 nitrogen and oxygen atoms in total. The highest BCUT2D eigenvalue weighted by Gasteiger charge is 2.23. The van der Waals surface area contributed by atoms with Crippen molar-refractivity contribution in [1.82, 2.24) is 34.7 Å². The molecule has 0 bridgehead atoms. The highest BCUT2D eigenvalue weighted by atomic mass is 32.1. The Balaban J connectivity index is 1.12. The number of rotatable bonds is 7. The van der Waals surface area contributed by atoms with E-state index in [-0.39, 0.29) is 5.91 Å². The minimum absolute atomic E-state index is 0.127. The number of aromatic amines is 1.